The van der Waals surface area contributed by atoms with Crippen molar-refractivity contribution in [3.05, 3.63) is 48.3 Å². The zero-order chi connectivity index (χ0) is 15.1. The van der Waals surface area contributed by atoms with Crippen molar-refractivity contribution in [1.82, 2.24) is 14.9 Å². The zero-order valence-corrected chi connectivity index (χ0v) is 12.6. The monoisotopic (exact) mass is 291 g/mol. The summed E-state index contributed by atoms with van der Waals surface area (Å²) in [4.78, 5) is 3.97. The van der Waals surface area contributed by atoms with Crippen LogP contribution in [-0.2, 0) is 13.1 Å². The van der Waals surface area contributed by atoms with Crippen LogP contribution < -0.4 is 10.1 Å². The number of rotatable bonds is 8. The summed E-state index contributed by atoms with van der Waals surface area (Å²) in [6.07, 6.45) is 6.21. The lowest BCUT2D eigenvalue weighted by molar-refractivity contribution is 0.287. The Labute approximate surface area is 125 Å². The number of benzene rings is 1. The van der Waals surface area contributed by atoms with Crippen LogP contribution in [0.25, 0.3) is 0 Å². The molecule has 114 valence electrons. The molecule has 0 bridgehead atoms. The third kappa shape index (κ3) is 5.19. The fraction of sp³-hybridized carbons (Fsp3) is 0.438. The molecule has 0 saturated carbocycles. The largest absolute Gasteiger partial charge is 0.490 e. The van der Waals surface area contributed by atoms with E-state index < -0.39 is 0 Å². The van der Waals surface area contributed by atoms with Crippen molar-refractivity contribution in [2.24, 2.45) is 0 Å². The van der Waals surface area contributed by atoms with E-state index in [4.69, 9.17) is 4.74 Å². The maximum absolute atomic E-state index is 13.9. The van der Waals surface area contributed by atoms with Crippen LogP contribution >= 0.6 is 0 Å². The van der Waals surface area contributed by atoms with Crippen LogP contribution in [0.3, 0.4) is 0 Å². The normalized spacial score (nSPS) is 11.0. The average molecular weight is 291 g/mol. The minimum absolute atomic E-state index is 0.305. The summed E-state index contributed by atoms with van der Waals surface area (Å²) in [7, 11) is 0. The number of ether oxygens (including phenoxy) is 1. The first-order valence-electron chi connectivity index (χ1n) is 7.25. The van der Waals surface area contributed by atoms with E-state index in [1.807, 2.05) is 16.8 Å². The van der Waals surface area contributed by atoms with Gasteiger partial charge in [0.05, 0.1) is 12.9 Å². The van der Waals surface area contributed by atoms with Crippen molar-refractivity contribution in [3.8, 4) is 5.75 Å². The van der Waals surface area contributed by atoms with Gasteiger partial charge in [-0.05, 0) is 24.1 Å². The van der Waals surface area contributed by atoms with E-state index >= 15 is 0 Å². The Bertz CT molecular complexity index is 540. The second-order valence-corrected chi connectivity index (χ2v) is 5.30. The number of nitrogens with zero attached hydrogens (tertiary/aromatic N) is 2. The van der Waals surface area contributed by atoms with E-state index in [9.17, 15) is 4.39 Å². The van der Waals surface area contributed by atoms with Gasteiger partial charge in [0.1, 0.15) is 0 Å². The molecule has 0 fully saturated rings. The molecular formula is C16H22FN3O. The molecule has 21 heavy (non-hydrogen) atoms. The van der Waals surface area contributed by atoms with Crippen LogP contribution in [0.4, 0.5) is 4.39 Å². The van der Waals surface area contributed by atoms with E-state index in [1.54, 1.807) is 18.6 Å². The summed E-state index contributed by atoms with van der Waals surface area (Å²) in [5.41, 5.74) is 0.923. The van der Waals surface area contributed by atoms with Gasteiger partial charge in [-0.15, -0.1) is 0 Å². The molecule has 2 rings (SSSR count). The van der Waals surface area contributed by atoms with E-state index in [2.05, 4.69) is 24.1 Å². The minimum Gasteiger partial charge on any atom is -0.490 e. The topological polar surface area (TPSA) is 39.1 Å². The van der Waals surface area contributed by atoms with Gasteiger partial charge in [-0.3, -0.25) is 0 Å². The average Bonchev–Trinajstić information content (AvgIpc) is 2.96. The van der Waals surface area contributed by atoms with Gasteiger partial charge in [0, 0.05) is 31.5 Å². The van der Waals surface area contributed by atoms with Crippen molar-refractivity contribution < 1.29 is 9.13 Å². The van der Waals surface area contributed by atoms with Crippen molar-refractivity contribution in [2.75, 3.05) is 6.61 Å². The Morgan fingerprint density at radius 3 is 2.90 bits per heavy atom. The van der Waals surface area contributed by atoms with Gasteiger partial charge < -0.3 is 14.6 Å². The lowest BCUT2D eigenvalue weighted by Crippen LogP contribution is -2.21. The third-order valence-corrected chi connectivity index (χ3v) is 3.09. The highest BCUT2D eigenvalue weighted by atomic mass is 19.1. The first-order chi connectivity index (χ1) is 10.1. The van der Waals surface area contributed by atoms with Gasteiger partial charge in [-0.1, -0.05) is 19.9 Å². The molecule has 0 aliphatic heterocycles. The molecule has 0 aliphatic carbocycles. The molecule has 1 aromatic heterocycles. The van der Waals surface area contributed by atoms with E-state index in [-0.39, 0.29) is 5.82 Å². The second-order valence-electron chi connectivity index (χ2n) is 5.30. The fourth-order valence-corrected chi connectivity index (χ4v) is 1.94. The SMILES string of the molecule is CC(C)NCc1ccc(OCCCn2ccnc2)c(F)c1. The number of hydrogen-bond donors (Lipinski definition) is 1. The number of aromatic nitrogens is 2. The minimum atomic E-state index is -0.305. The molecule has 0 unspecified atom stereocenters. The van der Waals surface area contributed by atoms with Crippen molar-refractivity contribution in [1.29, 1.82) is 0 Å². The predicted molar refractivity (Wildman–Crippen MR) is 80.7 cm³/mol. The summed E-state index contributed by atoms with van der Waals surface area (Å²) in [5.74, 6) is 0.00890. The molecule has 1 heterocycles. The van der Waals surface area contributed by atoms with Crippen LogP contribution in [0.5, 0.6) is 5.75 Å². The van der Waals surface area contributed by atoms with Gasteiger partial charge >= 0.3 is 0 Å². The third-order valence-electron chi connectivity index (χ3n) is 3.09. The standard InChI is InChI=1S/C16H22FN3O/c1-13(2)19-11-14-4-5-16(15(17)10-14)21-9-3-7-20-8-6-18-12-20/h4-6,8,10,12-13,19H,3,7,9,11H2,1-2H3. The molecule has 2 aromatic rings. The second kappa shape index (κ2) is 7.78. The molecule has 0 saturated heterocycles. The summed E-state index contributed by atoms with van der Waals surface area (Å²) in [6, 6.07) is 5.50. The molecule has 1 N–H and O–H groups in total. The Morgan fingerprint density at radius 1 is 1.38 bits per heavy atom. The molecule has 0 atom stereocenters. The van der Waals surface area contributed by atoms with Crippen LogP contribution in [0.2, 0.25) is 0 Å². The first-order valence-corrected chi connectivity index (χ1v) is 7.25. The fourth-order valence-electron chi connectivity index (χ4n) is 1.94. The molecule has 0 aliphatic rings. The molecule has 0 amide bonds. The highest BCUT2D eigenvalue weighted by Gasteiger charge is 2.05. The summed E-state index contributed by atoms with van der Waals surface area (Å²) in [6.45, 7) is 6.09. The molecule has 4 nitrogen and oxygen atoms in total. The van der Waals surface area contributed by atoms with Crippen molar-refractivity contribution in [2.45, 2.75) is 39.4 Å². The van der Waals surface area contributed by atoms with E-state index in [1.165, 1.54) is 6.07 Å². The maximum Gasteiger partial charge on any atom is 0.165 e. The Kier molecular flexibility index (Phi) is 5.75. The highest BCUT2D eigenvalue weighted by molar-refractivity contribution is 5.29. The Balaban J connectivity index is 1.77. The molecule has 1 aromatic carbocycles. The number of imidazole rings is 1. The maximum atomic E-state index is 13.9. The van der Waals surface area contributed by atoms with Crippen LogP contribution in [0.1, 0.15) is 25.8 Å². The summed E-state index contributed by atoms with van der Waals surface area (Å²) < 4.78 is 21.4. The Morgan fingerprint density at radius 2 is 2.24 bits per heavy atom. The van der Waals surface area contributed by atoms with E-state index in [0.717, 1.165) is 18.5 Å². The van der Waals surface area contributed by atoms with Gasteiger partial charge in [-0.2, -0.15) is 0 Å². The van der Waals surface area contributed by atoms with Crippen LogP contribution in [-0.4, -0.2) is 22.2 Å². The number of halogens is 1. The summed E-state index contributed by atoms with van der Waals surface area (Å²) in [5, 5.41) is 3.26. The van der Waals surface area contributed by atoms with Crippen molar-refractivity contribution in [3.63, 3.8) is 0 Å². The molecular weight excluding hydrogens is 269 g/mol. The molecule has 0 radical (unpaired) electrons. The number of nitrogens with one attached hydrogen (secondary N) is 1. The van der Waals surface area contributed by atoms with Gasteiger partial charge in [0.15, 0.2) is 11.6 Å². The quantitative estimate of drug-likeness (QED) is 0.760. The zero-order valence-electron chi connectivity index (χ0n) is 12.6. The van der Waals surface area contributed by atoms with Gasteiger partial charge in [0.25, 0.3) is 0 Å². The van der Waals surface area contributed by atoms with Gasteiger partial charge in [0.2, 0.25) is 0 Å². The van der Waals surface area contributed by atoms with Crippen molar-refractivity contribution >= 4 is 0 Å². The summed E-state index contributed by atoms with van der Waals surface area (Å²) >= 11 is 0. The lowest BCUT2D eigenvalue weighted by atomic mass is 10.2. The lowest BCUT2D eigenvalue weighted by Gasteiger charge is -2.11. The van der Waals surface area contributed by atoms with E-state index in [0.29, 0.717) is 24.9 Å². The van der Waals surface area contributed by atoms with Crippen LogP contribution in [0, 0.1) is 5.82 Å². The Hall–Kier alpha value is -1.88. The molecule has 5 heteroatoms. The van der Waals surface area contributed by atoms with Gasteiger partial charge in [-0.25, -0.2) is 9.37 Å². The first kappa shape index (κ1) is 15.5. The smallest absolute Gasteiger partial charge is 0.165 e. The predicted octanol–water partition coefficient (Wildman–Crippen LogP) is 2.99. The molecule has 0 spiro atoms. The highest BCUT2D eigenvalue weighted by Crippen LogP contribution is 2.18. The number of hydrogen-bond acceptors (Lipinski definition) is 3. The number of aryl methyl sites for hydroxylation is 1. The van der Waals surface area contributed by atoms with Crippen LogP contribution in [0.15, 0.2) is 36.9 Å².